The molecule has 1 aliphatic heterocycles. The maximum Gasteiger partial charge on any atom is 0.240 e. The largest absolute Gasteiger partial charge is 0.338 e. The van der Waals surface area contributed by atoms with E-state index in [2.05, 4.69) is 35.8 Å². The van der Waals surface area contributed by atoms with Gasteiger partial charge in [0.25, 0.3) is 0 Å². The molecule has 0 bridgehead atoms. The van der Waals surface area contributed by atoms with Gasteiger partial charge < -0.3 is 4.52 Å². The minimum atomic E-state index is 0.345. The molecular formula is C12H21N3O. The molecule has 16 heavy (non-hydrogen) atoms. The van der Waals surface area contributed by atoms with Gasteiger partial charge in [0.1, 0.15) is 0 Å². The molecule has 2 rings (SSSR count). The lowest BCUT2D eigenvalue weighted by atomic mass is 10.0. The van der Waals surface area contributed by atoms with Gasteiger partial charge in [-0.2, -0.15) is 4.98 Å². The van der Waals surface area contributed by atoms with Crippen LogP contribution in [0.4, 0.5) is 0 Å². The van der Waals surface area contributed by atoms with Crippen molar-refractivity contribution in [1.82, 2.24) is 15.0 Å². The van der Waals surface area contributed by atoms with Gasteiger partial charge in [-0.3, -0.25) is 4.90 Å². The molecule has 0 aromatic carbocycles. The Kier molecular flexibility index (Phi) is 3.59. The van der Waals surface area contributed by atoms with Crippen molar-refractivity contribution in [1.29, 1.82) is 0 Å². The molecule has 0 radical (unpaired) electrons. The average Bonchev–Trinajstić information content (AvgIpc) is 2.66. The zero-order valence-corrected chi connectivity index (χ0v) is 10.4. The summed E-state index contributed by atoms with van der Waals surface area (Å²) in [6.45, 7) is 9.59. The van der Waals surface area contributed by atoms with Gasteiger partial charge in [-0.25, -0.2) is 0 Å². The van der Waals surface area contributed by atoms with Crippen LogP contribution in [-0.4, -0.2) is 28.1 Å². The minimum Gasteiger partial charge on any atom is -0.338 e. The summed E-state index contributed by atoms with van der Waals surface area (Å²) in [5.74, 6) is 2.72. The lowest BCUT2D eigenvalue weighted by Crippen LogP contribution is -2.33. The number of rotatable bonds is 3. The fraction of sp³-hybridized carbons (Fsp3) is 0.833. The maximum absolute atomic E-state index is 5.26. The van der Waals surface area contributed by atoms with Crippen LogP contribution in [0.15, 0.2) is 4.52 Å². The van der Waals surface area contributed by atoms with Crippen LogP contribution in [0.2, 0.25) is 0 Å². The Balaban J connectivity index is 1.92. The molecular weight excluding hydrogens is 202 g/mol. The highest BCUT2D eigenvalue weighted by Crippen LogP contribution is 2.18. The third-order valence-electron chi connectivity index (χ3n) is 3.10. The van der Waals surface area contributed by atoms with Crippen molar-refractivity contribution in [3.05, 3.63) is 11.7 Å². The van der Waals surface area contributed by atoms with E-state index < -0.39 is 0 Å². The third-order valence-corrected chi connectivity index (χ3v) is 3.10. The van der Waals surface area contributed by atoms with E-state index in [0.717, 1.165) is 37.3 Å². The van der Waals surface area contributed by atoms with Crippen LogP contribution in [0.3, 0.4) is 0 Å². The Morgan fingerprint density at radius 1 is 1.50 bits per heavy atom. The van der Waals surface area contributed by atoms with E-state index in [4.69, 9.17) is 4.52 Å². The van der Waals surface area contributed by atoms with Crippen LogP contribution < -0.4 is 0 Å². The average molecular weight is 223 g/mol. The molecule has 1 aromatic heterocycles. The van der Waals surface area contributed by atoms with Crippen molar-refractivity contribution in [3.8, 4) is 0 Å². The van der Waals surface area contributed by atoms with Crippen molar-refractivity contribution in [3.63, 3.8) is 0 Å². The van der Waals surface area contributed by atoms with Gasteiger partial charge in [-0.05, 0) is 25.3 Å². The van der Waals surface area contributed by atoms with Gasteiger partial charge in [-0.15, -0.1) is 0 Å². The second kappa shape index (κ2) is 4.95. The molecule has 4 nitrogen and oxygen atoms in total. The molecule has 1 fully saturated rings. The third kappa shape index (κ3) is 2.82. The summed E-state index contributed by atoms with van der Waals surface area (Å²) in [5, 5.41) is 3.99. The number of hydrogen-bond donors (Lipinski definition) is 0. The van der Waals surface area contributed by atoms with Crippen LogP contribution in [0, 0.1) is 5.92 Å². The molecule has 4 heteroatoms. The molecule has 0 N–H and O–H groups in total. The SMILES string of the molecule is CC(C)c1noc(CN2CCC[C@H](C)C2)n1. The zero-order valence-electron chi connectivity index (χ0n) is 10.4. The Labute approximate surface area is 97.0 Å². The summed E-state index contributed by atoms with van der Waals surface area (Å²) in [7, 11) is 0. The molecule has 1 atom stereocenters. The van der Waals surface area contributed by atoms with Crippen LogP contribution >= 0.6 is 0 Å². The number of piperidine rings is 1. The van der Waals surface area contributed by atoms with Crippen molar-refractivity contribution >= 4 is 0 Å². The molecule has 1 aromatic rings. The van der Waals surface area contributed by atoms with Gasteiger partial charge in [0.2, 0.25) is 5.89 Å². The van der Waals surface area contributed by atoms with Crippen molar-refractivity contribution in [2.45, 2.75) is 46.1 Å². The Bertz CT molecular complexity index is 335. The Morgan fingerprint density at radius 2 is 2.31 bits per heavy atom. The number of hydrogen-bond acceptors (Lipinski definition) is 4. The molecule has 0 amide bonds. The molecule has 90 valence electrons. The summed E-state index contributed by atoms with van der Waals surface area (Å²) < 4.78 is 5.26. The molecule has 0 spiro atoms. The summed E-state index contributed by atoms with van der Waals surface area (Å²) in [6, 6.07) is 0. The molecule has 1 saturated heterocycles. The van der Waals surface area contributed by atoms with E-state index in [-0.39, 0.29) is 0 Å². The summed E-state index contributed by atoms with van der Waals surface area (Å²) in [5.41, 5.74) is 0. The maximum atomic E-state index is 5.26. The molecule has 1 aliphatic rings. The quantitative estimate of drug-likeness (QED) is 0.789. The van der Waals surface area contributed by atoms with Gasteiger partial charge in [0, 0.05) is 12.5 Å². The Hall–Kier alpha value is -0.900. The van der Waals surface area contributed by atoms with Crippen LogP contribution in [0.25, 0.3) is 0 Å². The van der Waals surface area contributed by atoms with Gasteiger partial charge in [0.15, 0.2) is 5.82 Å². The minimum absolute atomic E-state index is 0.345. The normalized spacial score (nSPS) is 22.9. The van der Waals surface area contributed by atoms with Gasteiger partial charge in [0.05, 0.1) is 6.54 Å². The standard InChI is InChI=1S/C12H21N3O/c1-9(2)12-13-11(16-14-12)8-15-6-4-5-10(3)7-15/h9-10H,4-8H2,1-3H3/t10-/m0/s1. The predicted octanol–water partition coefficient (Wildman–Crippen LogP) is 2.42. The summed E-state index contributed by atoms with van der Waals surface area (Å²) in [4.78, 5) is 6.82. The monoisotopic (exact) mass is 223 g/mol. The lowest BCUT2D eigenvalue weighted by molar-refractivity contribution is 0.157. The smallest absolute Gasteiger partial charge is 0.240 e. The Morgan fingerprint density at radius 3 is 2.94 bits per heavy atom. The first kappa shape index (κ1) is 11.6. The van der Waals surface area contributed by atoms with Crippen molar-refractivity contribution < 1.29 is 4.52 Å². The molecule has 0 aliphatic carbocycles. The molecule has 0 unspecified atom stereocenters. The van der Waals surface area contributed by atoms with Crippen LogP contribution in [-0.2, 0) is 6.54 Å². The topological polar surface area (TPSA) is 42.2 Å². The number of likely N-dealkylation sites (tertiary alicyclic amines) is 1. The first-order chi connectivity index (χ1) is 7.65. The van der Waals surface area contributed by atoms with Crippen molar-refractivity contribution in [2.24, 2.45) is 5.92 Å². The number of aromatic nitrogens is 2. The second-order valence-corrected chi connectivity index (χ2v) is 5.18. The summed E-state index contributed by atoms with van der Waals surface area (Å²) in [6.07, 6.45) is 2.63. The predicted molar refractivity (Wildman–Crippen MR) is 62.1 cm³/mol. The highest BCUT2D eigenvalue weighted by molar-refractivity contribution is 4.91. The highest BCUT2D eigenvalue weighted by atomic mass is 16.5. The first-order valence-electron chi connectivity index (χ1n) is 6.20. The van der Waals surface area contributed by atoms with Gasteiger partial charge in [-0.1, -0.05) is 25.9 Å². The van der Waals surface area contributed by atoms with Crippen LogP contribution in [0.5, 0.6) is 0 Å². The molecule has 0 saturated carbocycles. The zero-order chi connectivity index (χ0) is 11.5. The van der Waals surface area contributed by atoms with Crippen LogP contribution in [0.1, 0.15) is 51.2 Å². The first-order valence-corrected chi connectivity index (χ1v) is 6.20. The van der Waals surface area contributed by atoms with E-state index in [1.54, 1.807) is 0 Å². The molecule has 2 heterocycles. The van der Waals surface area contributed by atoms with Gasteiger partial charge >= 0.3 is 0 Å². The lowest BCUT2D eigenvalue weighted by Gasteiger charge is -2.29. The van der Waals surface area contributed by atoms with E-state index in [0.29, 0.717) is 5.92 Å². The van der Waals surface area contributed by atoms with E-state index in [1.165, 1.54) is 12.8 Å². The van der Waals surface area contributed by atoms with E-state index >= 15 is 0 Å². The second-order valence-electron chi connectivity index (χ2n) is 5.18. The fourth-order valence-electron chi connectivity index (χ4n) is 2.19. The van der Waals surface area contributed by atoms with E-state index in [9.17, 15) is 0 Å². The van der Waals surface area contributed by atoms with Crippen molar-refractivity contribution in [2.75, 3.05) is 13.1 Å². The fourth-order valence-corrected chi connectivity index (χ4v) is 2.19. The highest BCUT2D eigenvalue weighted by Gasteiger charge is 2.19. The van der Waals surface area contributed by atoms with E-state index in [1.807, 2.05) is 0 Å². The number of nitrogens with zero attached hydrogens (tertiary/aromatic N) is 3. The summed E-state index contributed by atoms with van der Waals surface area (Å²) >= 11 is 0.